The topological polar surface area (TPSA) is 49.9 Å². The molecule has 0 atom stereocenters. The molecule has 0 saturated heterocycles. The molecule has 31 heavy (non-hydrogen) atoms. The van der Waals surface area contributed by atoms with Gasteiger partial charge in [-0.25, -0.2) is 4.39 Å². The molecule has 0 bridgehead atoms. The van der Waals surface area contributed by atoms with Crippen molar-refractivity contribution in [1.29, 1.82) is 0 Å². The van der Waals surface area contributed by atoms with Gasteiger partial charge in [-0.05, 0) is 67.6 Å². The van der Waals surface area contributed by atoms with Crippen molar-refractivity contribution in [2.24, 2.45) is 0 Å². The Bertz CT molecular complexity index is 1170. The number of anilines is 1. The number of ether oxygens (including phenoxy) is 1. The van der Waals surface area contributed by atoms with Gasteiger partial charge in [0.2, 0.25) is 0 Å². The van der Waals surface area contributed by atoms with Gasteiger partial charge >= 0.3 is 0 Å². The molecule has 8 heteroatoms. The summed E-state index contributed by atoms with van der Waals surface area (Å²) in [4.78, 5) is 7.84. The van der Waals surface area contributed by atoms with Crippen LogP contribution in [0.3, 0.4) is 0 Å². The summed E-state index contributed by atoms with van der Waals surface area (Å²) in [6.45, 7) is 0.448. The Morgan fingerprint density at radius 2 is 1.94 bits per heavy atom. The highest BCUT2D eigenvalue weighted by Crippen LogP contribution is 2.37. The van der Waals surface area contributed by atoms with Gasteiger partial charge in [0.15, 0.2) is 11.6 Å². The lowest BCUT2D eigenvalue weighted by atomic mass is 10.2. The van der Waals surface area contributed by atoms with Crippen LogP contribution in [-0.4, -0.2) is 16.6 Å². The normalized spacial score (nSPS) is 11.1. The molecule has 4 rings (SSSR count). The summed E-state index contributed by atoms with van der Waals surface area (Å²) in [5.74, 6) is -0.145. The van der Waals surface area contributed by atoms with Gasteiger partial charge in [-0.3, -0.25) is 4.98 Å². The van der Waals surface area contributed by atoms with E-state index in [2.05, 4.69) is 14.7 Å². The fourth-order valence-corrected chi connectivity index (χ4v) is 4.47. The van der Waals surface area contributed by atoms with Crippen molar-refractivity contribution in [3.05, 3.63) is 82.5 Å². The van der Waals surface area contributed by atoms with E-state index in [0.717, 1.165) is 41.5 Å². The minimum Gasteiger partial charge on any atom is -0.490 e. The number of hydrogen-bond acceptors (Lipinski definition) is 4. The maximum Gasteiger partial charge on any atom is 0.180 e. The molecule has 0 fully saturated rings. The van der Waals surface area contributed by atoms with E-state index in [-0.39, 0.29) is 11.6 Å². The van der Waals surface area contributed by atoms with Crippen molar-refractivity contribution >= 4 is 51.7 Å². The van der Waals surface area contributed by atoms with E-state index in [1.807, 2.05) is 24.3 Å². The van der Waals surface area contributed by atoms with E-state index in [1.165, 1.54) is 11.9 Å². The Kier molecular flexibility index (Phi) is 7.22. The number of rotatable bonds is 9. The van der Waals surface area contributed by atoms with Crippen molar-refractivity contribution in [3.63, 3.8) is 0 Å². The average molecular weight is 476 g/mol. The number of benzene rings is 2. The maximum absolute atomic E-state index is 14.9. The van der Waals surface area contributed by atoms with Crippen LogP contribution < -0.4 is 9.46 Å². The van der Waals surface area contributed by atoms with Crippen LogP contribution in [0.25, 0.3) is 10.9 Å². The van der Waals surface area contributed by atoms with Crippen LogP contribution >= 0.6 is 35.1 Å². The van der Waals surface area contributed by atoms with Gasteiger partial charge in [-0.15, -0.1) is 0 Å². The van der Waals surface area contributed by atoms with E-state index in [9.17, 15) is 4.39 Å². The molecule has 2 heterocycles. The smallest absolute Gasteiger partial charge is 0.180 e. The number of fused-ring (bicyclic) bond motifs is 1. The lowest BCUT2D eigenvalue weighted by Gasteiger charge is -2.11. The third-order valence-electron chi connectivity index (χ3n) is 4.75. The number of unbranched alkanes of at least 4 members (excludes halogenated alkanes) is 1. The molecule has 0 radical (unpaired) electrons. The number of aryl methyl sites for hydroxylation is 1. The van der Waals surface area contributed by atoms with Crippen molar-refractivity contribution in [2.45, 2.75) is 24.2 Å². The summed E-state index contributed by atoms with van der Waals surface area (Å²) < 4.78 is 23.7. The van der Waals surface area contributed by atoms with E-state index < -0.39 is 0 Å². The zero-order valence-corrected chi connectivity index (χ0v) is 18.8. The van der Waals surface area contributed by atoms with Crippen molar-refractivity contribution in [3.8, 4) is 5.75 Å². The highest BCUT2D eigenvalue weighted by atomic mass is 35.5. The first kappa shape index (κ1) is 21.8. The largest absolute Gasteiger partial charge is 0.490 e. The molecule has 4 aromatic rings. The zero-order valence-electron chi connectivity index (χ0n) is 16.5. The number of aromatic nitrogens is 2. The third kappa shape index (κ3) is 5.26. The minimum atomic E-state index is -0.389. The van der Waals surface area contributed by atoms with Crippen LogP contribution in [0.1, 0.15) is 18.5 Å². The average Bonchev–Trinajstić information content (AvgIpc) is 3.18. The van der Waals surface area contributed by atoms with E-state index in [4.69, 9.17) is 27.9 Å². The number of halogens is 3. The summed E-state index contributed by atoms with van der Waals surface area (Å²) in [5.41, 5.74) is 2.58. The Balaban J connectivity index is 1.34. The fourth-order valence-electron chi connectivity index (χ4n) is 3.18. The van der Waals surface area contributed by atoms with Crippen LogP contribution in [-0.2, 0) is 6.42 Å². The van der Waals surface area contributed by atoms with Gasteiger partial charge in [0.1, 0.15) is 0 Å². The Morgan fingerprint density at radius 1 is 1.03 bits per heavy atom. The molecule has 2 N–H and O–H groups in total. The minimum absolute atomic E-state index is 0.244. The number of aromatic amines is 1. The second-order valence-electron chi connectivity index (χ2n) is 6.88. The maximum atomic E-state index is 14.9. The van der Waals surface area contributed by atoms with E-state index in [1.54, 1.807) is 36.7 Å². The van der Waals surface area contributed by atoms with E-state index in [0.29, 0.717) is 21.5 Å². The third-order valence-corrected chi connectivity index (χ3v) is 6.22. The highest BCUT2D eigenvalue weighted by molar-refractivity contribution is 8.00. The Labute approximate surface area is 194 Å². The molecule has 0 aliphatic heterocycles. The second-order valence-corrected chi connectivity index (χ2v) is 8.54. The van der Waals surface area contributed by atoms with Crippen LogP contribution in [0, 0.1) is 5.82 Å². The second kappa shape index (κ2) is 10.3. The van der Waals surface area contributed by atoms with Crippen LogP contribution in [0.2, 0.25) is 10.0 Å². The van der Waals surface area contributed by atoms with Crippen LogP contribution in [0.15, 0.2) is 65.8 Å². The number of H-pyrrole nitrogens is 1. The summed E-state index contributed by atoms with van der Waals surface area (Å²) in [6, 6.07) is 14.6. The summed E-state index contributed by atoms with van der Waals surface area (Å²) in [6.07, 6.45) is 6.10. The number of nitrogens with zero attached hydrogens (tertiary/aromatic N) is 1. The molecule has 0 unspecified atom stereocenters. The predicted octanol–water partition coefficient (Wildman–Crippen LogP) is 7.53. The zero-order chi connectivity index (χ0) is 21.6. The summed E-state index contributed by atoms with van der Waals surface area (Å²) in [7, 11) is 0. The van der Waals surface area contributed by atoms with Crippen LogP contribution in [0.5, 0.6) is 5.75 Å². The van der Waals surface area contributed by atoms with Gasteiger partial charge in [0.25, 0.3) is 0 Å². The molecular formula is C23H20Cl2FN3OS. The standard InChI is InChI=1S/C23H20Cl2FN3OS/c24-16-10-11-18(23-21(16)17(25)14-28-23)29-31-20-9-5-8-19(22(20)26)30-13-4-2-7-15-6-1-3-12-27-15/h1,3,5-6,8-12,14,28-29H,2,4,7,13H2. The van der Waals surface area contributed by atoms with Crippen molar-refractivity contribution < 1.29 is 9.13 Å². The number of nitrogens with one attached hydrogen (secondary N) is 2. The molecule has 0 aliphatic carbocycles. The molecule has 0 aliphatic rings. The molecule has 2 aromatic heterocycles. The van der Waals surface area contributed by atoms with E-state index >= 15 is 0 Å². The molecule has 0 saturated carbocycles. The molecule has 0 spiro atoms. The Hall–Kier alpha value is -2.41. The first-order valence-electron chi connectivity index (χ1n) is 9.82. The predicted molar refractivity (Wildman–Crippen MR) is 127 cm³/mol. The molecule has 2 aromatic carbocycles. The molecule has 4 nitrogen and oxygen atoms in total. The van der Waals surface area contributed by atoms with Gasteiger partial charge in [0, 0.05) is 23.5 Å². The SMILES string of the molecule is Fc1c(OCCCCc2ccccn2)cccc1SNc1ccc(Cl)c2c(Cl)c[nH]c12. The lowest BCUT2D eigenvalue weighted by molar-refractivity contribution is 0.289. The highest BCUT2D eigenvalue weighted by Gasteiger charge is 2.13. The number of pyridine rings is 1. The molecular weight excluding hydrogens is 456 g/mol. The number of hydrogen-bond donors (Lipinski definition) is 2. The fraction of sp³-hybridized carbons (Fsp3) is 0.174. The van der Waals surface area contributed by atoms with Gasteiger partial charge < -0.3 is 14.4 Å². The van der Waals surface area contributed by atoms with Crippen molar-refractivity contribution in [2.75, 3.05) is 11.3 Å². The van der Waals surface area contributed by atoms with Gasteiger partial charge in [-0.1, -0.05) is 35.3 Å². The van der Waals surface area contributed by atoms with Crippen LogP contribution in [0.4, 0.5) is 10.1 Å². The first-order valence-corrected chi connectivity index (χ1v) is 11.4. The summed E-state index contributed by atoms with van der Waals surface area (Å²) >= 11 is 13.6. The van der Waals surface area contributed by atoms with Gasteiger partial charge in [-0.2, -0.15) is 0 Å². The quantitative estimate of drug-likeness (QED) is 0.194. The molecule has 0 amide bonds. The molecule has 160 valence electrons. The monoisotopic (exact) mass is 475 g/mol. The van der Waals surface area contributed by atoms with Gasteiger partial charge in [0.05, 0.1) is 32.8 Å². The Morgan fingerprint density at radius 3 is 2.77 bits per heavy atom. The lowest BCUT2D eigenvalue weighted by Crippen LogP contribution is -2.01. The summed E-state index contributed by atoms with van der Waals surface area (Å²) in [5, 5.41) is 1.83. The first-order chi connectivity index (χ1) is 15.1. The van der Waals surface area contributed by atoms with Crippen molar-refractivity contribution in [1.82, 2.24) is 9.97 Å².